The maximum Gasteiger partial charge on any atom is 0.341 e. The van der Waals surface area contributed by atoms with Gasteiger partial charge in [0.15, 0.2) is 0 Å². The zero-order valence-corrected chi connectivity index (χ0v) is 15.6. The number of hydrogen-bond donors (Lipinski definition) is 2. The smallest absolute Gasteiger partial charge is 0.341 e. The Balaban J connectivity index is 0.00000312. The lowest BCUT2D eigenvalue weighted by Crippen LogP contribution is -2.29. The molecule has 0 atom stereocenters. The molecule has 0 unspecified atom stereocenters. The lowest BCUT2D eigenvalue weighted by molar-refractivity contribution is -0.121. The van der Waals surface area contributed by atoms with Crippen molar-refractivity contribution in [2.45, 2.75) is 32.2 Å². The third-order valence-corrected chi connectivity index (χ3v) is 4.40. The van der Waals surface area contributed by atoms with E-state index in [1.165, 1.54) is 14.2 Å². The number of esters is 1. The molecule has 1 aliphatic heterocycles. The number of benzene rings is 1. The van der Waals surface area contributed by atoms with E-state index in [0.29, 0.717) is 30.2 Å². The molecule has 0 saturated carbocycles. The number of piperidine rings is 1. The summed E-state index contributed by atoms with van der Waals surface area (Å²) in [6, 6.07) is 5.24. The number of carbonyl (C=O) groups excluding carboxylic acids is 2. The first-order valence-corrected chi connectivity index (χ1v) is 8.36. The third kappa shape index (κ3) is 6.55. The highest BCUT2D eigenvalue weighted by Gasteiger charge is 2.15. The number of amides is 1. The Morgan fingerprint density at radius 3 is 2.60 bits per heavy atom. The van der Waals surface area contributed by atoms with Gasteiger partial charge in [0.1, 0.15) is 11.3 Å². The van der Waals surface area contributed by atoms with E-state index in [1.807, 2.05) is 6.07 Å². The topological polar surface area (TPSA) is 76.7 Å². The number of hydrogen-bond acceptors (Lipinski definition) is 5. The molecule has 0 radical (unpaired) electrons. The quantitative estimate of drug-likeness (QED) is 0.720. The van der Waals surface area contributed by atoms with Crippen molar-refractivity contribution in [3.63, 3.8) is 0 Å². The molecule has 0 spiro atoms. The molecule has 0 aromatic heterocycles. The molecule has 1 heterocycles. The van der Waals surface area contributed by atoms with Gasteiger partial charge in [-0.15, -0.1) is 12.4 Å². The summed E-state index contributed by atoms with van der Waals surface area (Å²) in [6.07, 6.45) is 3.77. The largest absolute Gasteiger partial charge is 0.496 e. The van der Waals surface area contributed by atoms with E-state index in [1.54, 1.807) is 12.1 Å². The minimum atomic E-state index is -0.453. The minimum absolute atomic E-state index is 0. The zero-order valence-electron chi connectivity index (χ0n) is 14.8. The molecule has 1 aliphatic rings. The van der Waals surface area contributed by atoms with Crippen LogP contribution in [0.1, 0.15) is 41.6 Å². The average molecular weight is 371 g/mol. The van der Waals surface area contributed by atoms with E-state index >= 15 is 0 Å². The number of rotatable bonds is 7. The summed E-state index contributed by atoms with van der Waals surface area (Å²) < 4.78 is 9.92. The van der Waals surface area contributed by atoms with E-state index < -0.39 is 5.97 Å². The van der Waals surface area contributed by atoms with Crippen molar-refractivity contribution in [3.05, 3.63) is 29.3 Å². The van der Waals surface area contributed by atoms with Crippen molar-refractivity contribution in [3.8, 4) is 5.75 Å². The van der Waals surface area contributed by atoms with E-state index in [2.05, 4.69) is 10.6 Å². The fourth-order valence-electron chi connectivity index (χ4n) is 2.93. The molecular formula is C18H27ClN2O4. The fourth-order valence-corrected chi connectivity index (χ4v) is 2.93. The predicted octanol–water partition coefficient (Wildman–Crippen LogP) is 2.30. The molecule has 2 N–H and O–H groups in total. The van der Waals surface area contributed by atoms with Gasteiger partial charge in [0, 0.05) is 13.0 Å². The molecule has 1 amide bonds. The molecular weight excluding hydrogens is 344 g/mol. The molecule has 25 heavy (non-hydrogen) atoms. The molecule has 1 saturated heterocycles. The Bertz CT molecular complexity index is 574. The Kier molecular flexibility index (Phi) is 9.31. The van der Waals surface area contributed by atoms with Gasteiger partial charge in [0.05, 0.1) is 14.2 Å². The SMILES string of the molecule is COC(=O)c1cc(CNC(=O)CCC2CCNCC2)ccc1OC.Cl. The number of methoxy groups -OCH3 is 2. The number of nitrogens with one attached hydrogen (secondary N) is 2. The zero-order chi connectivity index (χ0) is 17.4. The van der Waals surface area contributed by atoms with Gasteiger partial charge in [0.2, 0.25) is 5.91 Å². The Hall–Kier alpha value is -1.79. The second-order valence-corrected chi connectivity index (χ2v) is 6.03. The lowest BCUT2D eigenvalue weighted by atomic mass is 9.93. The van der Waals surface area contributed by atoms with Crippen LogP contribution >= 0.6 is 12.4 Å². The lowest BCUT2D eigenvalue weighted by Gasteiger charge is -2.22. The molecule has 140 valence electrons. The summed E-state index contributed by atoms with van der Waals surface area (Å²) in [5.74, 6) is 0.696. The van der Waals surface area contributed by atoms with Crippen molar-refractivity contribution in [1.29, 1.82) is 0 Å². The van der Waals surface area contributed by atoms with Crippen LogP contribution < -0.4 is 15.4 Å². The van der Waals surface area contributed by atoms with Gasteiger partial charge in [-0.25, -0.2) is 4.79 Å². The Labute approximate surface area is 155 Å². The summed E-state index contributed by atoms with van der Waals surface area (Å²) >= 11 is 0. The average Bonchev–Trinajstić information content (AvgIpc) is 2.64. The number of halogens is 1. The second kappa shape index (κ2) is 10.9. The maximum absolute atomic E-state index is 12.0. The van der Waals surface area contributed by atoms with Crippen LogP contribution in [0.4, 0.5) is 0 Å². The van der Waals surface area contributed by atoms with Crippen molar-refractivity contribution in [2.24, 2.45) is 5.92 Å². The van der Waals surface area contributed by atoms with Crippen LogP contribution in [0.3, 0.4) is 0 Å². The summed E-state index contributed by atoms with van der Waals surface area (Å²) in [5, 5.41) is 6.24. The second-order valence-electron chi connectivity index (χ2n) is 6.03. The first kappa shape index (κ1) is 21.3. The highest BCUT2D eigenvalue weighted by molar-refractivity contribution is 5.92. The first-order chi connectivity index (χ1) is 11.6. The normalized spacial score (nSPS) is 14.3. The first-order valence-electron chi connectivity index (χ1n) is 8.36. The van der Waals surface area contributed by atoms with Gasteiger partial charge in [-0.2, -0.15) is 0 Å². The number of ether oxygens (including phenoxy) is 2. The molecule has 7 heteroatoms. The van der Waals surface area contributed by atoms with Crippen molar-refractivity contribution < 1.29 is 19.1 Å². The van der Waals surface area contributed by atoms with Gasteiger partial charge in [0.25, 0.3) is 0 Å². The van der Waals surface area contributed by atoms with E-state index in [-0.39, 0.29) is 18.3 Å². The molecule has 1 aromatic rings. The van der Waals surface area contributed by atoms with Crippen LogP contribution in [0.15, 0.2) is 18.2 Å². The van der Waals surface area contributed by atoms with Crippen LogP contribution in [-0.2, 0) is 16.1 Å². The fraction of sp³-hybridized carbons (Fsp3) is 0.556. The van der Waals surface area contributed by atoms with Crippen LogP contribution in [0.25, 0.3) is 0 Å². The van der Waals surface area contributed by atoms with Gasteiger partial charge in [-0.1, -0.05) is 6.07 Å². The monoisotopic (exact) mass is 370 g/mol. The molecule has 6 nitrogen and oxygen atoms in total. The highest BCUT2D eigenvalue weighted by Crippen LogP contribution is 2.21. The van der Waals surface area contributed by atoms with E-state index in [9.17, 15) is 9.59 Å². The third-order valence-electron chi connectivity index (χ3n) is 4.40. The van der Waals surface area contributed by atoms with Crippen LogP contribution in [0.5, 0.6) is 5.75 Å². The Morgan fingerprint density at radius 1 is 1.24 bits per heavy atom. The van der Waals surface area contributed by atoms with Crippen LogP contribution in [0.2, 0.25) is 0 Å². The van der Waals surface area contributed by atoms with E-state index in [4.69, 9.17) is 9.47 Å². The van der Waals surface area contributed by atoms with Crippen LogP contribution in [-0.4, -0.2) is 39.2 Å². The molecule has 0 bridgehead atoms. The summed E-state index contributed by atoms with van der Waals surface area (Å²) in [5.41, 5.74) is 1.20. The van der Waals surface area contributed by atoms with Crippen molar-refractivity contribution in [1.82, 2.24) is 10.6 Å². The minimum Gasteiger partial charge on any atom is -0.496 e. The summed E-state index contributed by atoms with van der Waals surface area (Å²) in [6.45, 7) is 2.49. The van der Waals surface area contributed by atoms with Crippen molar-refractivity contribution in [2.75, 3.05) is 27.3 Å². The Morgan fingerprint density at radius 2 is 1.96 bits per heavy atom. The van der Waals surface area contributed by atoms with Crippen molar-refractivity contribution >= 4 is 24.3 Å². The van der Waals surface area contributed by atoms with E-state index in [0.717, 1.165) is 37.9 Å². The molecule has 1 fully saturated rings. The maximum atomic E-state index is 12.0. The van der Waals surface area contributed by atoms with Gasteiger partial charge >= 0.3 is 5.97 Å². The summed E-state index contributed by atoms with van der Waals surface area (Å²) in [7, 11) is 2.83. The van der Waals surface area contributed by atoms with Gasteiger partial charge in [-0.05, 0) is 56.0 Å². The molecule has 0 aliphatic carbocycles. The molecule has 2 rings (SSSR count). The highest BCUT2D eigenvalue weighted by atomic mass is 35.5. The van der Waals surface area contributed by atoms with Crippen LogP contribution in [0, 0.1) is 5.92 Å². The standard InChI is InChI=1S/C18H26N2O4.ClH/c1-23-16-5-3-14(11-15(16)18(22)24-2)12-20-17(21)6-4-13-7-9-19-10-8-13;/h3,5,11,13,19H,4,6-10,12H2,1-2H3,(H,20,21);1H. The molecule has 1 aromatic carbocycles. The van der Waals surface area contributed by atoms with Gasteiger partial charge in [-0.3, -0.25) is 4.79 Å². The van der Waals surface area contributed by atoms with Gasteiger partial charge < -0.3 is 20.1 Å². The summed E-state index contributed by atoms with van der Waals surface area (Å²) in [4.78, 5) is 23.8. The number of carbonyl (C=O) groups is 2. The predicted molar refractivity (Wildman–Crippen MR) is 98.3 cm³/mol.